The highest BCUT2D eigenvalue weighted by atomic mass is 127. The Morgan fingerprint density at radius 3 is 2.74 bits per heavy atom. The van der Waals surface area contributed by atoms with Crippen LogP contribution in [0.3, 0.4) is 0 Å². The fraction of sp³-hybridized carbons (Fsp3) is 0.0714. The first-order chi connectivity index (χ1) is 8.99. The van der Waals surface area contributed by atoms with E-state index in [2.05, 4.69) is 27.9 Å². The quantitative estimate of drug-likeness (QED) is 0.603. The Hall–Kier alpha value is -1.27. The van der Waals surface area contributed by atoms with Crippen molar-refractivity contribution in [3.8, 4) is 0 Å². The zero-order valence-electron chi connectivity index (χ0n) is 10.2. The first-order valence-electron chi connectivity index (χ1n) is 5.60. The summed E-state index contributed by atoms with van der Waals surface area (Å²) in [7, 11) is 0. The van der Waals surface area contributed by atoms with Crippen LogP contribution in [0.4, 0.5) is 11.4 Å². The molecule has 0 aliphatic heterocycles. The van der Waals surface area contributed by atoms with Gasteiger partial charge >= 0.3 is 0 Å². The van der Waals surface area contributed by atoms with Crippen molar-refractivity contribution in [3.05, 3.63) is 56.1 Å². The Morgan fingerprint density at radius 1 is 1.32 bits per heavy atom. The average Bonchev–Trinajstić information content (AvgIpc) is 2.36. The summed E-state index contributed by atoms with van der Waals surface area (Å²) in [5, 5.41) is 3.22. The van der Waals surface area contributed by atoms with Gasteiger partial charge < -0.3 is 11.1 Å². The minimum absolute atomic E-state index is 0.181. The van der Waals surface area contributed by atoms with Crippen molar-refractivity contribution < 1.29 is 4.79 Å². The molecule has 2 rings (SSSR count). The SMILES string of the molecule is Cc1cccc(C(=O)Nc2ccc(N)cc2Cl)c1I. The lowest BCUT2D eigenvalue weighted by Gasteiger charge is -2.10. The first-order valence-corrected chi connectivity index (χ1v) is 7.06. The Labute approximate surface area is 130 Å². The van der Waals surface area contributed by atoms with Gasteiger partial charge in [0.25, 0.3) is 5.91 Å². The summed E-state index contributed by atoms with van der Waals surface area (Å²) in [6, 6.07) is 10.6. The van der Waals surface area contributed by atoms with Crippen molar-refractivity contribution in [3.63, 3.8) is 0 Å². The van der Waals surface area contributed by atoms with Crippen molar-refractivity contribution in [2.75, 3.05) is 11.1 Å². The number of hydrogen-bond donors (Lipinski definition) is 2. The number of halogens is 2. The maximum absolute atomic E-state index is 12.2. The van der Waals surface area contributed by atoms with E-state index in [1.165, 1.54) is 0 Å². The maximum atomic E-state index is 12.2. The van der Waals surface area contributed by atoms with Crippen LogP contribution in [0.1, 0.15) is 15.9 Å². The minimum Gasteiger partial charge on any atom is -0.399 e. The minimum atomic E-state index is -0.181. The molecule has 0 spiro atoms. The summed E-state index contributed by atoms with van der Waals surface area (Å²) in [5.74, 6) is -0.181. The number of hydrogen-bond acceptors (Lipinski definition) is 2. The second-order valence-corrected chi connectivity index (χ2v) is 5.62. The molecule has 98 valence electrons. The summed E-state index contributed by atoms with van der Waals surface area (Å²) in [6.07, 6.45) is 0. The van der Waals surface area contributed by atoms with Crippen molar-refractivity contribution in [2.45, 2.75) is 6.92 Å². The van der Waals surface area contributed by atoms with Crippen LogP contribution < -0.4 is 11.1 Å². The molecule has 5 heteroatoms. The average molecular weight is 387 g/mol. The van der Waals surface area contributed by atoms with Crippen molar-refractivity contribution in [1.82, 2.24) is 0 Å². The Balaban J connectivity index is 2.28. The molecule has 1 amide bonds. The summed E-state index contributed by atoms with van der Waals surface area (Å²) in [4.78, 5) is 12.2. The first kappa shape index (κ1) is 14.1. The number of nitrogen functional groups attached to an aromatic ring is 1. The molecule has 0 radical (unpaired) electrons. The van der Waals surface area contributed by atoms with Gasteiger partial charge in [0.05, 0.1) is 16.3 Å². The van der Waals surface area contributed by atoms with Crippen LogP contribution in [-0.4, -0.2) is 5.91 Å². The maximum Gasteiger partial charge on any atom is 0.256 e. The Kier molecular flexibility index (Phi) is 4.31. The normalized spacial score (nSPS) is 10.3. The van der Waals surface area contributed by atoms with Gasteiger partial charge in [0.1, 0.15) is 0 Å². The second-order valence-electron chi connectivity index (χ2n) is 4.13. The van der Waals surface area contributed by atoms with Crippen LogP contribution >= 0.6 is 34.2 Å². The lowest BCUT2D eigenvalue weighted by atomic mass is 10.1. The third-order valence-electron chi connectivity index (χ3n) is 2.68. The molecule has 0 aromatic heterocycles. The third kappa shape index (κ3) is 3.19. The number of nitrogens with two attached hydrogens (primary N) is 1. The number of carbonyl (C=O) groups excluding carboxylic acids is 1. The largest absolute Gasteiger partial charge is 0.399 e. The standard InChI is InChI=1S/C14H12ClIN2O/c1-8-3-2-4-10(13(8)16)14(19)18-12-6-5-9(17)7-11(12)15/h2-7H,17H2,1H3,(H,18,19). The van der Waals surface area contributed by atoms with Gasteiger partial charge in [-0.25, -0.2) is 0 Å². The van der Waals surface area contributed by atoms with E-state index < -0.39 is 0 Å². The van der Waals surface area contributed by atoms with E-state index in [0.29, 0.717) is 22.0 Å². The highest BCUT2D eigenvalue weighted by Gasteiger charge is 2.12. The van der Waals surface area contributed by atoms with Gasteiger partial charge in [-0.1, -0.05) is 23.7 Å². The molecule has 2 aromatic carbocycles. The van der Waals surface area contributed by atoms with Gasteiger partial charge in [-0.3, -0.25) is 4.79 Å². The highest BCUT2D eigenvalue weighted by molar-refractivity contribution is 14.1. The number of aryl methyl sites for hydroxylation is 1. The van der Waals surface area contributed by atoms with Crippen LogP contribution in [0.25, 0.3) is 0 Å². The van der Waals surface area contributed by atoms with E-state index in [1.807, 2.05) is 19.1 Å². The van der Waals surface area contributed by atoms with E-state index in [1.54, 1.807) is 24.3 Å². The summed E-state index contributed by atoms with van der Waals surface area (Å²) in [6.45, 7) is 1.97. The van der Waals surface area contributed by atoms with Crippen LogP contribution in [0.15, 0.2) is 36.4 Å². The van der Waals surface area contributed by atoms with Crippen molar-refractivity contribution in [1.29, 1.82) is 0 Å². The fourth-order valence-corrected chi connectivity index (χ4v) is 2.49. The molecule has 0 atom stereocenters. The summed E-state index contributed by atoms with van der Waals surface area (Å²) < 4.78 is 0.934. The Morgan fingerprint density at radius 2 is 2.05 bits per heavy atom. The molecule has 0 heterocycles. The molecule has 3 nitrogen and oxygen atoms in total. The van der Waals surface area contributed by atoms with Gasteiger partial charge in [0.2, 0.25) is 0 Å². The zero-order chi connectivity index (χ0) is 14.0. The number of nitrogens with one attached hydrogen (secondary N) is 1. The number of rotatable bonds is 2. The van der Waals surface area contributed by atoms with Crippen LogP contribution in [0, 0.1) is 10.5 Å². The second kappa shape index (κ2) is 5.79. The topological polar surface area (TPSA) is 55.1 Å². The van der Waals surface area contributed by atoms with Crippen molar-refractivity contribution >= 4 is 51.5 Å². The van der Waals surface area contributed by atoms with E-state index in [9.17, 15) is 4.79 Å². The van der Waals surface area contributed by atoms with E-state index in [-0.39, 0.29) is 5.91 Å². The molecule has 3 N–H and O–H groups in total. The highest BCUT2D eigenvalue weighted by Crippen LogP contribution is 2.25. The summed E-state index contributed by atoms with van der Waals surface area (Å²) in [5.41, 5.74) is 8.43. The molecule has 0 aliphatic carbocycles. The number of benzene rings is 2. The third-order valence-corrected chi connectivity index (χ3v) is 4.42. The molecular weight excluding hydrogens is 375 g/mol. The summed E-state index contributed by atoms with van der Waals surface area (Å²) >= 11 is 8.20. The lowest BCUT2D eigenvalue weighted by Crippen LogP contribution is -2.14. The molecule has 0 fully saturated rings. The van der Waals surface area contributed by atoms with Crippen molar-refractivity contribution in [2.24, 2.45) is 0 Å². The molecule has 19 heavy (non-hydrogen) atoms. The Bertz CT molecular complexity index is 643. The van der Waals surface area contributed by atoms with Gasteiger partial charge in [0, 0.05) is 9.26 Å². The lowest BCUT2D eigenvalue weighted by molar-refractivity contribution is 0.102. The number of amides is 1. The molecule has 0 saturated carbocycles. The predicted octanol–water partition coefficient (Wildman–Crippen LogP) is 4.09. The smallest absolute Gasteiger partial charge is 0.256 e. The molecule has 0 bridgehead atoms. The molecule has 0 aliphatic rings. The zero-order valence-corrected chi connectivity index (χ0v) is 13.1. The van der Waals surface area contributed by atoms with Crippen LogP contribution in [0.2, 0.25) is 5.02 Å². The molecular formula is C14H12ClIN2O. The molecule has 0 saturated heterocycles. The van der Waals surface area contributed by atoms with Gasteiger partial charge in [0.15, 0.2) is 0 Å². The predicted molar refractivity (Wildman–Crippen MR) is 87.7 cm³/mol. The molecule has 0 unspecified atom stereocenters. The van der Waals surface area contributed by atoms with E-state index in [4.69, 9.17) is 17.3 Å². The number of anilines is 2. The fourth-order valence-electron chi connectivity index (χ4n) is 1.65. The van der Waals surface area contributed by atoms with Gasteiger partial charge in [-0.05, 0) is 59.3 Å². The van der Waals surface area contributed by atoms with Crippen LogP contribution in [-0.2, 0) is 0 Å². The van der Waals surface area contributed by atoms with E-state index >= 15 is 0 Å². The van der Waals surface area contributed by atoms with Gasteiger partial charge in [-0.2, -0.15) is 0 Å². The van der Waals surface area contributed by atoms with Crippen LogP contribution in [0.5, 0.6) is 0 Å². The molecule has 2 aromatic rings. The monoisotopic (exact) mass is 386 g/mol. The van der Waals surface area contributed by atoms with E-state index in [0.717, 1.165) is 9.13 Å². The number of carbonyl (C=O) groups is 1. The van der Waals surface area contributed by atoms with Gasteiger partial charge in [-0.15, -0.1) is 0 Å².